The van der Waals surface area contributed by atoms with Crippen LogP contribution in [0.4, 0.5) is 4.79 Å². The topological polar surface area (TPSA) is 53.1 Å². The molecule has 1 heterocycles. The van der Waals surface area contributed by atoms with Crippen molar-refractivity contribution in [3.8, 4) is 0 Å². The zero-order valence-electron chi connectivity index (χ0n) is 14.1. The number of ether oxygens (including phenoxy) is 1. The van der Waals surface area contributed by atoms with Gasteiger partial charge in [0.2, 0.25) is 5.91 Å². The molecule has 6 heteroatoms. The number of hydrogen-bond donors (Lipinski definition) is 0. The maximum atomic E-state index is 12.9. The summed E-state index contributed by atoms with van der Waals surface area (Å²) in [5.74, 6) is 0.0738. The summed E-state index contributed by atoms with van der Waals surface area (Å²) >= 11 is 0. The highest BCUT2D eigenvalue weighted by atomic mass is 16.6. The van der Waals surface area contributed by atoms with Crippen molar-refractivity contribution in [1.82, 2.24) is 14.7 Å². The third-order valence-electron chi connectivity index (χ3n) is 3.98. The van der Waals surface area contributed by atoms with Crippen LogP contribution in [0.5, 0.6) is 0 Å². The fraction of sp³-hybridized carbons (Fsp3) is 0.529. The summed E-state index contributed by atoms with van der Waals surface area (Å²) < 4.78 is 5.01. The zero-order chi connectivity index (χ0) is 16.8. The van der Waals surface area contributed by atoms with Crippen LogP contribution in [0, 0.1) is 0 Å². The summed E-state index contributed by atoms with van der Waals surface area (Å²) in [6.07, 6.45) is -0.299. The normalized spacial score (nSPS) is 16.3. The average molecular weight is 319 g/mol. The quantitative estimate of drug-likeness (QED) is 0.846. The van der Waals surface area contributed by atoms with E-state index in [0.29, 0.717) is 32.8 Å². The van der Waals surface area contributed by atoms with E-state index in [2.05, 4.69) is 0 Å². The second-order valence-electron chi connectivity index (χ2n) is 5.79. The summed E-state index contributed by atoms with van der Waals surface area (Å²) in [4.78, 5) is 30.0. The molecule has 1 aliphatic rings. The zero-order valence-corrected chi connectivity index (χ0v) is 14.1. The van der Waals surface area contributed by atoms with Crippen LogP contribution < -0.4 is 0 Å². The van der Waals surface area contributed by atoms with E-state index in [0.717, 1.165) is 5.56 Å². The van der Waals surface area contributed by atoms with Gasteiger partial charge in [0, 0.05) is 26.2 Å². The van der Waals surface area contributed by atoms with Crippen molar-refractivity contribution in [2.75, 3.05) is 46.9 Å². The number of rotatable bonds is 4. The molecule has 0 spiro atoms. The van der Waals surface area contributed by atoms with Crippen LogP contribution in [0.15, 0.2) is 30.3 Å². The van der Waals surface area contributed by atoms with Crippen LogP contribution >= 0.6 is 0 Å². The number of benzene rings is 1. The molecule has 0 saturated carbocycles. The van der Waals surface area contributed by atoms with Crippen molar-refractivity contribution in [2.45, 2.75) is 13.0 Å². The Balaban J connectivity index is 2.01. The number of carbonyl (C=O) groups is 2. The van der Waals surface area contributed by atoms with Crippen LogP contribution in [0.2, 0.25) is 0 Å². The van der Waals surface area contributed by atoms with Crippen LogP contribution in [-0.2, 0) is 9.53 Å². The highest BCUT2D eigenvalue weighted by molar-refractivity contribution is 5.83. The third kappa shape index (κ3) is 4.22. The second-order valence-corrected chi connectivity index (χ2v) is 5.79. The molecule has 2 amide bonds. The molecule has 23 heavy (non-hydrogen) atoms. The molecule has 126 valence electrons. The molecule has 2 rings (SSSR count). The average Bonchev–Trinajstić information content (AvgIpc) is 2.56. The number of likely N-dealkylation sites (N-methyl/N-ethyl adjacent to an activating group) is 1. The second kappa shape index (κ2) is 7.97. The van der Waals surface area contributed by atoms with Gasteiger partial charge in [0.05, 0.1) is 6.61 Å². The lowest BCUT2D eigenvalue weighted by atomic mass is 10.0. The Labute approximate surface area is 137 Å². The van der Waals surface area contributed by atoms with E-state index >= 15 is 0 Å². The first-order valence-electron chi connectivity index (χ1n) is 7.96. The van der Waals surface area contributed by atoms with Crippen molar-refractivity contribution >= 4 is 12.0 Å². The van der Waals surface area contributed by atoms with Gasteiger partial charge in [0.25, 0.3) is 0 Å². The van der Waals surface area contributed by atoms with E-state index in [1.807, 2.05) is 54.2 Å². The van der Waals surface area contributed by atoms with E-state index in [9.17, 15) is 9.59 Å². The minimum atomic E-state index is -0.301. The van der Waals surface area contributed by atoms with Crippen LogP contribution in [0.1, 0.15) is 18.5 Å². The first-order chi connectivity index (χ1) is 11.0. The fourth-order valence-corrected chi connectivity index (χ4v) is 2.79. The molecule has 0 N–H and O–H groups in total. The molecular weight excluding hydrogens is 294 g/mol. The standard InChI is InChI=1S/C17H25N3O3/c1-4-23-17(22)20-12-10-19(11-13-20)16(21)15(18(2)3)14-8-6-5-7-9-14/h5-9,15H,4,10-13H2,1-3H3. The molecule has 6 nitrogen and oxygen atoms in total. The number of hydrogen-bond acceptors (Lipinski definition) is 4. The number of carbonyl (C=O) groups excluding carboxylic acids is 2. The van der Waals surface area contributed by atoms with E-state index in [1.165, 1.54) is 0 Å². The Morgan fingerprint density at radius 2 is 1.65 bits per heavy atom. The molecule has 0 aliphatic carbocycles. The Morgan fingerprint density at radius 1 is 1.09 bits per heavy atom. The van der Waals surface area contributed by atoms with Crippen molar-refractivity contribution in [2.24, 2.45) is 0 Å². The number of piperazine rings is 1. The lowest BCUT2D eigenvalue weighted by molar-refractivity contribution is -0.138. The Hall–Kier alpha value is -2.08. The van der Waals surface area contributed by atoms with Gasteiger partial charge in [-0.15, -0.1) is 0 Å². The van der Waals surface area contributed by atoms with E-state index in [1.54, 1.807) is 11.8 Å². The van der Waals surface area contributed by atoms with Crippen LogP contribution in [-0.4, -0.2) is 73.6 Å². The minimum Gasteiger partial charge on any atom is -0.450 e. The van der Waals surface area contributed by atoms with Crippen molar-refractivity contribution in [3.63, 3.8) is 0 Å². The Morgan fingerprint density at radius 3 is 2.17 bits per heavy atom. The predicted molar refractivity (Wildman–Crippen MR) is 88.0 cm³/mol. The molecule has 0 radical (unpaired) electrons. The first kappa shape index (κ1) is 17.3. The monoisotopic (exact) mass is 319 g/mol. The summed E-state index contributed by atoms with van der Waals surface area (Å²) in [6, 6.07) is 9.47. The largest absolute Gasteiger partial charge is 0.450 e. The SMILES string of the molecule is CCOC(=O)N1CCN(C(=O)C(c2ccccc2)N(C)C)CC1. The molecule has 0 aromatic heterocycles. The third-order valence-corrected chi connectivity index (χ3v) is 3.98. The Bertz CT molecular complexity index is 525. The van der Waals surface area contributed by atoms with Gasteiger partial charge >= 0.3 is 6.09 Å². The molecule has 1 unspecified atom stereocenters. The summed E-state index contributed by atoms with van der Waals surface area (Å²) in [5, 5.41) is 0. The summed E-state index contributed by atoms with van der Waals surface area (Å²) in [6.45, 7) is 4.26. The molecule has 1 fully saturated rings. The summed E-state index contributed by atoms with van der Waals surface area (Å²) in [7, 11) is 3.81. The number of amides is 2. The molecule has 0 bridgehead atoms. The Kier molecular flexibility index (Phi) is 5.98. The van der Waals surface area contributed by atoms with Gasteiger partial charge in [-0.2, -0.15) is 0 Å². The molecule has 1 atom stereocenters. The molecular formula is C17H25N3O3. The first-order valence-corrected chi connectivity index (χ1v) is 7.96. The van der Waals surface area contributed by atoms with E-state index < -0.39 is 0 Å². The van der Waals surface area contributed by atoms with E-state index in [-0.39, 0.29) is 18.0 Å². The van der Waals surface area contributed by atoms with Gasteiger partial charge in [-0.05, 0) is 26.6 Å². The van der Waals surface area contributed by atoms with E-state index in [4.69, 9.17) is 4.74 Å². The molecule has 1 aliphatic heterocycles. The molecule has 1 saturated heterocycles. The van der Waals surface area contributed by atoms with Crippen molar-refractivity contribution in [3.05, 3.63) is 35.9 Å². The fourth-order valence-electron chi connectivity index (χ4n) is 2.79. The van der Waals surface area contributed by atoms with Gasteiger partial charge < -0.3 is 14.5 Å². The van der Waals surface area contributed by atoms with Crippen molar-refractivity contribution in [1.29, 1.82) is 0 Å². The maximum absolute atomic E-state index is 12.9. The van der Waals surface area contributed by atoms with Gasteiger partial charge in [0.15, 0.2) is 0 Å². The van der Waals surface area contributed by atoms with Crippen LogP contribution in [0.25, 0.3) is 0 Å². The number of nitrogens with zero attached hydrogens (tertiary/aromatic N) is 3. The van der Waals surface area contributed by atoms with Crippen molar-refractivity contribution < 1.29 is 14.3 Å². The van der Waals surface area contributed by atoms with Gasteiger partial charge in [-0.25, -0.2) is 4.79 Å². The maximum Gasteiger partial charge on any atom is 0.409 e. The summed E-state index contributed by atoms with van der Waals surface area (Å²) in [5.41, 5.74) is 0.982. The van der Waals surface area contributed by atoms with Crippen LogP contribution in [0.3, 0.4) is 0 Å². The lowest BCUT2D eigenvalue weighted by Gasteiger charge is -2.37. The molecule has 1 aromatic rings. The molecule has 1 aromatic carbocycles. The van der Waals surface area contributed by atoms with Gasteiger partial charge in [-0.1, -0.05) is 30.3 Å². The smallest absolute Gasteiger partial charge is 0.409 e. The highest BCUT2D eigenvalue weighted by Crippen LogP contribution is 2.21. The highest BCUT2D eigenvalue weighted by Gasteiger charge is 2.31. The van der Waals surface area contributed by atoms with Gasteiger partial charge in [0.1, 0.15) is 6.04 Å². The van der Waals surface area contributed by atoms with Gasteiger partial charge in [-0.3, -0.25) is 9.69 Å². The minimum absolute atomic E-state index is 0.0738. The lowest BCUT2D eigenvalue weighted by Crippen LogP contribution is -2.53. The predicted octanol–water partition coefficient (Wildman–Crippen LogP) is 1.59.